The van der Waals surface area contributed by atoms with Crippen molar-refractivity contribution in [1.29, 1.82) is 0 Å². The number of benzene rings is 1. The summed E-state index contributed by atoms with van der Waals surface area (Å²) in [6.07, 6.45) is 5.46. The number of methoxy groups -OCH3 is 1. The SMILES string of the molecule is COc1ccc(NC(=S)N(CCCN2CCC[C@@H](C)C2)Cc2ccco2)cc1. The maximum absolute atomic E-state index is 5.71. The maximum Gasteiger partial charge on any atom is 0.173 e. The molecule has 1 aliphatic heterocycles. The van der Waals surface area contributed by atoms with Crippen LogP contribution in [0.2, 0.25) is 0 Å². The Morgan fingerprint density at radius 3 is 2.82 bits per heavy atom. The molecule has 2 heterocycles. The minimum absolute atomic E-state index is 0.672. The second-order valence-corrected chi connectivity index (χ2v) is 7.95. The zero-order chi connectivity index (χ0) is 19.8. The molecule has 1 atom stereocenters. The van der Waals surface area contributed by atoms with Crippen LogP contribution in [0.4, 0.5) is 5.69 Å². The average Bonchev–Trinajstić information content (AvgIpc) is 3.21. The van der Waals surface area contributed by atoms with Crippen LogP contribution in [-0.2, 0) is 6.54 Å². The molecule has 28 heavy (non-hydrogen) atoms. The number of hydrogen-bond acceptors (Lipinski definition) is 4. The summed E-state index contributed by atoms with van der Waals surface area (Å²) in [6, 6.07) is 11.7. The van der Waals surface area contributed by atoms with Crippen molar-refractivity contribution in [3.63, 3.8) is 0 Å². The monoisotopic (exact) mass is 401 g/mol. The van der Waals surface area contributed by atoms with Gasteiger partial charge in [-0.05, 0) is 86.9 Å². The molecule has 5 nitrogen and oxygen atoms in total. The van der Waals surface area contributed by atoms with E-state index < -0.39 is 0 Å². The highest BCUT2D eigenvalue weighted by molar-refractivity contribution is 7.80. The number of nitrogens with zero attached hydrogens (tertiary/aromatic N) is 2. The average molecular weight is 402 g/mol. The van der Waals surface area contributed by atoms with E-state index >= 15 is 0 Å². The molecular weight excluding hydrogens is 370 g/mol. The van der Waals surface area contributed by atoms with Gasteiger partial charge in [-0.1, -0.05) is 6.92 Å². The molecule has 1 aromatic carbocycles. The quantitative estimate of drug-likeness (QED) is 0.652. The molecule has 6 heteroatoms. The predicted molar refractivity (Wildman–Crippen MR) is 118 cm³/mol. The Kier molecular flexibility index (Phi) is 7.74. The molecule has 1 fully saturated rings. The van der Waals surface area contributed by atoms with Gasteiger partial charge < -0.3 is 24.3 Å². The van der Waals surface area contributed by atoms with Crippen LogP contribution in [0.15, 0.2) is 47.1 Å². The summed E-state index contributed by atoms with van der Waals surface area (Å²) in [7, 11) is 1.67. The lowest BCUT2D eigenvalue weighted by Gasteiger charge is -2.32. The van der Waals surface area contributed by atoms with E-state index in [1.165, 1.54) is 25.9 Å². The van der Waals surface area contributed by atoms with Crippen LogP contribution in [0, 0.1) is 5.92 Å². The van der Waals surface area contributed by atoms with Crippen LogP contribution < -0.4 is 10.1 Å². The second-order valence-electron chi connectivity index (χ2n) is 7.56. The number of ether oxygens (including phenoxy) is 1. The third-order valence-electron chi connectivity index (χ3n) is 5.20. The van der Waals surface area contributed by atoms with Gasteiger partial charge in [-0.25, -0.2) is 0 Å². The van der Waals surface area contributed by atoms with Gasteiger partial charge in [0.15, 0.2) is 5.11 Å². The lowest BCUT2D eigenvalue weighted by Crippen LogP contribution is -2.39. The number of anilines is 1. The summed E-state index contributed by atoms with van der Waals surface area (Å²) in [5.74, 6) is 2.57. The van der Waals surface area contributed by atoms with E-state index in [1.54, 1.807) is 13.4 Å². The van der Waals surface area contributed by atoms with Crippen LogP contribution in [-0.4, -0.2) is 48.2 Å². The number of piperidine rings is 1. The van der Waals surface area contributed by atoms with Crippen LogP contribution in [0.25, 0.3) is 0 Å². The first kappa shape index (κ1) is 20.7. The van der Waals surface area contributed by atoms with Gasteiger partial charge in [-0.15, -0.1) is 0 Å². The topological polar surface area (TPSA) is 40.9 Å². The van der Waals surface area contributed by atoms with Crippen molar-refractivity contribution in [2.45, 2.75) is 32.7 Å². The normalized spacial score (nSPS) is 17.3. The summed E-state index contributed by atoms with van der Waals surface area (Å²) >= 11 is 5.71. The third-order valence-corrected chi connectivity index (χ3v) is 5.56. The van der Waals surface area contributed by atoms with E-state index in [2.05, 4.69) is 22.0 Å². The van der Waals surface area contributed by atoms with Gasteiger partial charge in [0.25, 0.3) is 0 Å². The summed E-state index contributed by atoms with van der Waals surface area (Å²) in [5.41, 5.74) is 0.958. The molecule has 1 aromatic heterocycles. The molecule has 152 valence electrons. The van der Waals surface area contributed by atoms with Crippen molar-refractivity contribution in [3.05, 3.63) is 48.4 Å². The Morgan fingerprint density at radius 2 is 2.14 bits per heavy atom. The lowest BCUT2D eigenvalue weighted by atomic mass is 10.0. The minimum atomic E-state index is 0.672. The number of nitrogens with one attached hydrogen (secondary N) is 1. The summed E-state index contributed by atoms with van der Waals surface area (Å²) < 4.78 is 10.8. The molecule has 0 saturated carbocycles. The summed E-state index contributed by atoms with van der Waals surface area (Å²) in [5, 5.41) is 4.06. The number of rotatable bonds is 8. The zero-order valence-corrected chi connectivity index (χ0v) is 17.7. The van der Waals surface area contributed by atoms with Crippen molar-refractivity contribution >= 4 is 23.0 Å². The molecule has 1 saturated heterocycles. The number of furan rings is 1. The fourth-order valence-corrected chi connectivity index (χ4v) is 3.97. The maximum atomic E-state index is 5.71. The predicted octanol–water partition coefficient (Wildman–Crippen LogP) is 4.61. The molecule has 0 amide bonds. The molecule has 2 aromatic rings. The molecule has 0 bridgehead atoms. The molecule has 0 radical (unpaired) electrons. The van der Waals surface area contributed by atoms with Crippen molar-refractivity contribution in [2.75, 3.05) is 38.6 Å². The highest BCUT2D eigenvalue weighted by Gasteiger charge is 2.17. The van der Waals surface area contributed by atoms with Gasteiger partial charge in [0.1, 0.15) is 11.5 Å². The van der Waals surface area contributed by atoms with E-state index in [0.717, 1.165) is 42.6 Å². The van der Waals surface area contributed by atoms with Gasteiger partial charge in [0.05, 0.1) is 19.9 Å². The molecule has 0 unspecified atom stereocenters. The first-order chi connectivity index (χ1) is 13.6. The van der Waals surface area contributed by atoms with Crippen LogP contribution >= 0.6 is 12.2 Å². The number of thiocarbonyl (C=S) groups is 1. The Bertz CT molecular complexity index is 718. The molecule has 0 aliphatic carbocycles. The van der Waals surface area contributed by atoms with Gasteiger partial charge in [0, 0.05) is 18.8 Å². The Morgan fingerprint density at radius 1 is 1.32 bits per heavy atom. The van der Waals surface area contributed by atoms with E-state index in [4.69, 9.17) is 21.4 Å². The van der Waals surface area contributed by atoms with Crippen LogP contribution in [0.3, 0.4) is 0 Å². The first-order valence-electron chi connectivity index (χ1n) is 10.1. The van der Waals surface area contributed by atoms with Gasteiger partial charge >= 0.3 is 0 Å². The second kappa shape index (κ2) is 10.5. The number of likely N-dealkylation sites (tertiary alicyclic amines) is 1. The minimum Gasteiger partial charge on any atom is -0.497 e. The molecule has 3 rings (SSSR count). The van der Waals surface area contributed by atoms with Gasteiger partial charge in [-0.3, -0.25) is 0 Å². The van der Waals surface area contributed by atoms with Gasteiger partial charge in [0.2, 0.25) is 0 Å². The fraction of sp³-hybridized carbons (Fsp3) is 0.500. The Labute approximate surface area is 173 Å². The van der Waals surface area contributed by atoms with Crippen molar-refractivity contribution in [2.24, 2.45) is 5.92 Å². The largest absolute Gasteiger partial charge is 0.497 e. The summed E-state index contributed by atoms with van der Waals surface area (Å²) in [6.45, 7) is 7.47. The molecular formula is C22H31N3O2S. The van der Waals surface area contributed by atoms with E-state index in [0.29, 0.717) is 11.7 Å². The third kappa shape index (κ3) is 6.24. The van der Waals surface area contributed by atoms with Crippen molar-refractivity contribution in [3.8, 4) is 5.75 Å². The highest BCUT2D eigenvalue weighted by Crippen LogP contribution is 2.18. The summed E-state index contributed by atoms with van der Waals surface area (Å²) in [4.78, 5) is 4.77. The van der Waals surface area contributed by atoms with Crippen LogP contribution in [0.1, 0.15) is 31.9 Å². The van der Waals surface area contributed by atoms with E-state index in [1.807, 2.05) is 36.4 Å². The van der Waals surface area contributed by atoms with E-state index in [-0.39, 0.29) is 0 Å². The standard InChI is InChI=1S/C22H31N3O2S/c1-18-6-3-12-24(16-18)13-5-14-25(17-21-7-4-15-27-21)22(28)23-19-8-10-20(26-2)11-9-19/h4,7-11,15,18H,3,5-6,12-14,16-17H2,1-2H3,(H,23,28)/t18-/m1/s1. The Hall–Kier alpha value is -2.05. The van der Waals surface area contributed by atoms with Crippen molar-refractivity contribution < 1.29 is 9.15 Å². The molecule has 0 spiro atoms. The fourth-order valence-electron chi connectivity index (χ4n) is 3.69. The highest BCUT2D eigenvalue weighted by atomic mass is 32.1. The molecule has 1 aliphatic rings. The van der Waals surface area contributed by atoms with Crippen LogP contribution in [0.5, 0.6) is 5.75 Å². The Balaban J connectivity index is 1.56. The van der Waals surface area contributed by atoms with Crippen molar-refractivity contribution in [1.82, 2.24) is 9.80 Å². The molecule has 1 N–H and O–H groups in total. The number of hydrogen-bond donors (Lipinski definition) is 1. The smallest absolute Gasteiger partial charge is 0.173 e. The van der Waals surface area contributed by atoms with E-state index in [9.17, 15) is 0 Å². The zero-order valence-electron chi connectivity index (χ0n) is 16.9. The first-order valence-corrected chi connectivity index (χ1v) is 10.5. The van der Waals surface area contributed by atoms with Gasteiger partial charge in [-0.2, -0.15) is 0 Å². The lowest BCUT2D eigenvalue weighted by molar-refractivity contribution is 0.177.